The number of carbonyl (C=O) groups is 2. The molecular weight excluding hydrogens is 314 g/mol. The molecule has 2 amide bonds. The van der Waals surface area contributed by atoms with E-state index in [1.807, 2.05) is 32.0 Å². The van der Waals surface area contributed by atoms with Crippen LogP contribution in [0.3, 0.4) is 0 Å². The smallest absolute Gasteiger partial charge is 0.227 e. The second-order valence-electron chi connectivity index (χ2n) is 7.46. The maximum atomic E-state index is 12.5. The summed E-state index contributed by atoms with van der Waals surface area (Å²) in [5, 5.41) is 3.06. The highest BCUT2D eigenvalue weighted by Gasteiger charge is 2.35. The molecule has 0 aromatic heterocycles. The predicted molar refractivity (Wildman–Crippen MR) is 99.7 cm³/mol. The van der Waals surface area contributed by atoms with Gasteiger partial charge >= 0.3 is 0 Å². The van der Waals surface area contributed by atoms with E-state index in [4.69, 9.17) is 0 Å². The van der Waals surface area contributed by atoms with Crippen molar-refractivity contribution >= 4 is 17.5 Å². The van der Waals surface area contributed by atoms with Gasteiger partial charge in [0.2, 0.25) is 11.8 Å². The summed E-state index contributed by atoms with van der Waals surface area (Å²) in [5.41, 5.74) is 3.21. The maximum Gasteiger partial charge on any atom is 0.227 e. The third-order valence-electron chi connectivity index (χ3n) is 5.70. The predicted octanol–water partition coefficient (Wildman–Crippen LogP) is 2.26. The monoisotopic (exact) mass is 343 g/mol. The van der Waals surface area contributed by atoms with Crippen LogP contribution in [0.1, 0.15) is 37.3 Å². The fourth-order valence-electron chi connectivity index (χ4n) is 3.85. The van der Waals surface area contributed by atoms with E-state index in [0.717, 1.165) is 29.9 Å². The number of aryl methyl sites for hydroxylation is 1. The lowest BCUT2D eigenvalue weighted by Gasteiger charge is -2.24. The molecule has 5 heteroatoms. The zero-order valence-electron chi connectivity index (χ0n) is 15.5. The average Bonchev–Trinajstić information content (AvgIpc) is 3.25. The van der Waals surface area contributed by atoms with Gasteiger partial charge in [0.1, 0.15) is 0 Å². The lowest BCUT2D eigenvalue weighted by molar-refractivity contribution is -0.126. The van der Waals surface area contributed by atoms with E-state index in [1.165, 1.54) is 12.8 Å². The van der Waals surface area contributed by atoms with Gasteiger partial charge in [-0.2, -0.15) is 0 Å². The number of carbonyl (C=O) groups excluding carboxylic acids is 2. The van der Waals surface area contributed by atoms with Gasteiger partial charge in [-0.25, -0.2) is 0 Å². The number of benzene rings is 1. The summed E-state index contributed by atoms with van der Waals surface area (Å²) in [7, 11) is 0. The Morgan fingerprint density at radius 2 is 2.00 bits per heavy atom. The number of nitrogens with one attached hydrogen (secondary N) is 1. The number of hydrogen-bond acceptors (Lipinski definition) is 3. The fourth-order valence-corrected chi connectivity index (χ4v) is 3.85. The second-order valence-corrected chi connectivity index (χ2v) is 7.46. The molecule has 1 N–H and O–H groups in total. The lowest BCUT2D eigenvalue weighted by Crippen LogP contribution is -2.43. The van der Waals surface area contributed by atoms with Gasteiger partial charge in [0.25, 0.3) is 0 Å². The van der Waals surface area contributed by atoms with Gasteiger partial charge in [0.15, 0.2) is 0 Å². The fraction of sp³-hybridized carbons (Fsp3) is 0.600. The van der Waals surface area contributed by atoms with Crippen LogP contribution in [0.5, 0.6) is 0 Å². The highest BCUT2D eigenvalue weighted by molar-refractivity contribution is 6.00. The number of anilines is 1. The van der Waals surface area contributed by atoms with Gasteiger partial charge in [0, 0.05) is 31.2 Å². The van der Waals surface area contributed by atoms with Crippen molar-refractivity contribution in [2.45, 2.75) is 46.1 Å². The van der Waals surface area contributed by atoms with Crippen molar-refractivity contribution in [1.29, 1.82) is 0 Å². The van der Waals surface area contributed by atoms with E-state index in [1.54, 1.807) is 4.90 Å². The van der Waals surface area contributed by atoms with Gasteiger partial charge in [-0.1, -0.05) is 12.1 Å². The molecular formula is C20H29N3O2. The first-order valence-corrected chi connectivity index (χ1v) is 9.35. The Labute approximate surface area is 150 Å². The Hall–Kier alpha value is -1.88. The molecule has 0 spiro atoms. The molecule has 0 bridgehead atoms. The number of nitrogens with zero attached hydrogens (tertiary/aromatic N) is 2. The first-order valence-electron chi connectivity index (χ1n) is 9.35. The molecule has 1 aromatic carbocycles. The van der Waals surface area contributed by atoms with Gasteiger partial charge in [-0.3, -0.25) is 14.5 Å². The van der Waals surface area contributed by atoms with E-state index in [-0.39, 0.29) is 17.7 Å². The molecule has 2 aliphatic heterocycles. The summed E-state index contributed by atoms with van der Waals surface area (Å²) in [4.78, 5) is 29.2. The number of hydrogen-bond donors (Lipinski definition) is 1. The van der Waals surface area contributed by atoms with E-state index in [9.17, 15) is 9.59 Å². The zero-order chi connectivity index (χ0) is 18.0. The van der Waals surface area contributed by atoms with Crippen molar-refractivity contribution in [2.75, 3.05) is 31.1 Å². The molecule has 2 fully saturated rings. The Balaban J connectivity index is 1.58. The summed E-state index contributed by atoms with van der Waals surface area (Å²) in [6.07, 6.45) is 2.80. The molecule has 5 nitrogen and oxygen atoms in total. The molecule has 3 rings (SSSR count). The van der Waals surface area contributed by atoms with Crippen LogP contribution in [0, 0.1) is 19.8 Å². The maximum absolute atomic E-state index is 12.5. The quantitative estimate of drug-likeness (QED) is 0.892. The van der Waals surface area contributed by atoms with Crippen LogP contribution in [0.15, 0.2) is 18.2 Å². The minimum Gasteiger partial charge on any atom is -0.354 e. The van der Waals surface area contributed by atoms with Crippen molar-refractivity contribution in [1.82, 2.24) is 10.2 Å². The summed E-state index contributed by atoms with van der Waals surface area (Å²) < 4.78 is 0. The van der Waals surface area contributed by atoms with E-state index in [2.05, 4.69) is 17.1 Å². The normalized spacial score (nSPS) is 22.4. The lowest BCUT2D eigenvalue weighted by atomic mass is 10.1. The second kappa shape index (κ2) is 7.56. The summed E-state index contributed by atoms with van der Waals surface area (Å²) >= 11 is 0. The first kappa shape index (κ1) is 17.9. The summed E-state index contributed by atoms with van der Waals surface area (Å²) in [5.74, 6) is -0.202. The van der Waals surface area contributed by atoms with Crippen LogP contribution in [0.25, 0.3) is 0 Å². The summed E-state index contributed by atoms with van der Waals surface area (Å²) in [6, 6.07) is 6.34. The molecule has 1 aromatic rings. The van der Waals surface area contributed by atoms with Crippen LogP contribution >= 0.6 is 0 Å². The first-order chi connectivity index (χ1) is 12.0. The molecule has 0 unspecified atom stereocenters. The van der Waals surface area contributed by atoms with Crippen molar-refractivity contribution in [3.63, 3.8) is 0 Å². The van der Waals surface area contributed by atoms with Gasteiger partial charge in [-0.05, 0) is 63.9 Å². The molecule has 0 saturated carbocycles. The van der Waals surface area contributed by atoms with Crippen LogP contribution in [-0.2, 0) is 9.59 Å². The molecule has 2 atom stereocenters. The molecule has 2 saturated heterocycles. The van der Waals surface area contributed by atoms with Crippen LogP contribution in [0.4, 0.5) is 5.69 Å². The number of likely N-dealkylation sites (tertiary alicyclic amines) is 1. The van der Waals surface area contributed by atoms with Crippen LogP contribution in [-0.4, -0.2) is 48.9 Å². The molecule has 0 aliphatic carbocycles. The highest BCUT2D eigenvalue weighted by atomic mass is 16.2. The third kappa shape index (κ3) is 3.87. The summed E-state index contributed by atoms with van der Waals surface area (Å²) in [6.45, 7) is 9.62. The highest BCUT2D eigenvalue weighted by Crippen LogP contribution is 2.29. The molecule has 2 heterocycles. The molecule has 2 aliphatic rings. The number of amides is 2. The molecule has 136 valence electrons. The SMILES string of the molecule is Cc1cccc(N2C[C@H](C(=O)NC[C@@H](C)N3CCCC3)CC2=O)c1C. The van der Waals surface area contributed by atoms with Gasteiger partial charge in [-0.15, -0.1) is 0 Å². The Morgan fingerprint density at radius 1 is 1.28 bits per heavy atom. The Kier molecular flexibility index (Phi) is 5.42. The minimum absolute atomic E-state index is 0.00667. The standard InChI is InChI=1S/C20H29N3O2/c1-14-7-6-8-18(16(14)3)23-13-17(11-19(23)24)20(25)21-12-15(2)22-9-4-5-10-22/h6-8,15,17H,4-5,9-13H2,1-3H3,(H,21,25)/t15-,17-/m1/s1. The molecule has 0 radical (unpaired) electrons. The Bertz CT molecular complexity index is 652. The minimum atomic E-state index is -0.252. The van der Waals surface area contributed by atoms with Crippen molar-refractivity contribution in [3.05, 3.63) is 29.3 Å². The number of rotatable bonds is 5. The van der Waals surface area contributed by atoms with Gasteiger partial charge in [0.05, 0.1) is 5.92 Å². The van der Waals surface area contributed by atoms with Crippen molar-refractivity contribution in [3.8, 4) is 0 Å². The van der Waals surface area contributed by atoms with E-state index >= 15 is 0 Å². The van der Waals surface area contributed by atoms with Crippen molar-refractivity contribution in [2.24, 2.45) is 5.92 Å². The van der Waals surface area contributed by atoms with Crippen LogP contribution in [0.2, 0.25) is 0 Å². The topological polar surface area (TPSA) is 52.7 Å². The van der Waals surface area contributed by atoms with Crippen molar-refractivity contribution < 1.29 is 9.59 Å². The molecule has 25 heavy (non-hydrogen) atoms. The van der Waals surface area contributed by atoms with Crippen LogP contribution < -0.4 is 10.2 Å². The van der Waals surface area contributed by atoms with E-state index < -0.39 is 0 Å². The average molecular weight is 343 g/mol. The largest absolute Gasteiger partial charge is 0.354 e. The van der Waals surface area contributed by atoms with Gasteiger partial charge < -0.3 is 10.2 Å². The zero-order valence-corrected chi connectivity index (χ0v) is 15.5. The Morgan fingerprint density at radius 3 is 2.72 bits per heavy atom. The van der Waals surface area contributed by atoms with E-state index in [0.29, 0.717) is 25.6 Å². The third-order valence-corrected chi connectivity index (χ3v) is 5.70.